The Morgan fingerprint density at radius 2 is 2.25 bits per heavy atom. The van der Waals surface area contributed by atoms with Gasteiger partial charge >= 0.3 is 0 Å². The average molecular weight is 250 g/mol. The van der Waals surface area contributed by atoms with Gasteiger partial charge in [0, 0.05) is 25.6 Å². The lowest BCUT2D eigenvalue weighted by Crippen LogP contribution is -2.41. The summed E-state index contributed by atoms with van der Waals surface area (Å²) in [4.78, 5) is 0. The van der Waals surface area contributed by atoms with E-state index >= 15 is 0 Å². The van der Waals surface area contributed by atoms with Gasteiger partial charge in [-0.1, -0.05) is 6.92 Å². The van der Waals surface area contributed by atoms with Crippen LogP contribution < -0.4 is 10.5 Å². The van der Waals surface area contributed by atoms with Crippen LogP contribution in [0.25, 0.3) is 0 Å². The SMILES string of the molecule is CCC(CN)S(=O)(=O)NCC1CCOC1C. The molecule has 6 heteroatoms. The molecule has 0 saturated carbocycles. The molecular formula is C10H22N2O3S. The second-order valence-corrected chi connectivity index (χ2v) is 6.33. The second kappa shape index (κ2) is 5.95. The van der Waals surface area contributed by atoms with Gasteiger partial charge in [0.15, 0.2) is 0 Å². The molecule has 0 radical (unpaired) electrons. The van der Waals surface area contributed by atoms with Gasteiger partial charge in [0.2, 0.25) is 10.0 Å². The van der Waals surface area contributed by atoms with Gasteiger partial charge in [-0.05, 0) is 19.8 Å². The molecule has 1 heterocycles. The van der Waals surface area contributed by atoms with Gasteiger partial charge < -0.3 is 10.5 Å². The first-order valence-corrected chi connectivity index (χ1v) is 7.36. The fourth-order valence-corrected chi connectivity index (χ4v) is 3.27. The Morgan fingerprint density at radius 1 is 1.56 bits per heavy atom. The Labute approximate surface area is 97.8 Å². The van der Waals surface area contributed by atoms with Crippen LogP contribution in [0.1, 0.15) is 26.7 Å². The molecule has 0 spiro atoms. The summed E-state index contributed by atoms with van der Waals surface area (Å²) in [5.74, 6) is 0.282. The predicted molar refractivity (Wildman–Crippen MR) is 63.6 cm³/mol. The van der Waals surface area contributed by atoms with E-state index in [0.29, 0.717) is 13.0 Å². The summed E-state index contributed by atoms with van der Waals surface area (Å²) < 4.78 is 31.7. The summed E-state index contributed by atoms with van der Waals surface area (Å²) in [6.45, 7) is 5.16. The molecule has 1 aliphatic rings. The van der Waals surface area contributed by atoms with E-state index in [-0.39, 0.29) is 18.6 Å². The molecule has 0 aromatic heterocycles. The van der Waals surface area contributed by atoms with E-state index in [4.69, 9.17) is 10.5 Å². The van der Waals surface area contributed by atoms with E-state index in [2.05, 4.69) is 4.72 Å². The quantitative estimate of drug-likeness (QED) is 0.699. The van der Waals surface area contributed by atoms with Crippen molar-refractivity contribution >= 4 is 10.0 Å². The van der Waals surface area contributed by atoms with E-state index < -0.39 is 15.3 Å². The summed E-state index contributed by atoms with van der Waals surface area (Å²) in [5, 5.41) is -0.481. The maximum atomic E-state index is 11.8. The minimum absolute atomic E-state index is 0.139. The van der Waals surface area contributed by atoms with Gasteiger partial charge in [0.25, 0.3) is 0 Å². The van der Waals surface area contributed by atoms with Crippen LogP contribution in [0.15, 0.2) is 0 Å². The minimum atomic E-state index is -3.26. The number of nitrogens with one attached hydrogen (secondary N) is 1. The van der Waals surface area contributed by atoms with E-state index in [9.17, 15) is 8.42 Å². The van der Waals surface area contributed by atoms with Crippen molar-refractivity contribution in [3.63, 3.8) is 0 Å². The molecule has 0 aliphatic carbocycles. The van der Waals surface area contributed by atoms with Gasteiger partial charge in [0.05, 0.1) is 11.4 Å². The third kappa shape index (κ3) is 3.41. The number of hydrogen-bond acceptors (Lipinski definition) is 4. The summed E-state index contributed by atoms with van der Waals surface area (Å²) in [7, 11) is -3.26. The number of sulfonamides is 1. The predicted octanol–water partition coefficient (Wildman–Crippen LogP) is 0.0681. The molecule has 0 bridgehead atoms. The lowest BCUT2D eigenvalue weighted by molar-refractivity contribution is 0.107. The maximum Gasteiger partial charge on any atom is 0.215 e. The first-order chi connectivity index (χ1) is 7.51. The van der Waals surface area contributed by atoms with Crippen LogP contribution in [-0.2, 0) is 14.8 Å². The molecule has 1 saturated heterocycles. The normalized spacial score (nSPS) is 28.2. The highest BCUT2D eigenvalue weighted by molar-refractivity contribution is 7.90. The Kier molecular flexibility index (Phi) is 5.17. The minimum Gasteiger partial charge on any atom is -0.378 e. The van der Waals surface area contributed by atoms with Crippen molar-refractivity contribution in [1.82, 2.24) is 4.72 Å². The Hall–Kier alpha value is -0.170. The molecule has 0 amide bonds. The summed E-state index contributed by atoms with van der Waals surface area (Å²) in [6.07, 6.45) is 1.60. The van der Waals surface area contributed by atoms with Gasteiger partial charge in [-0.2, -0.15) is 0 Å². The highest BCUT2D eigenvalue weighted by atomic mass is 32.2. The molecule has 5 nitrogen and oxygen atoms in total. The molecular weight excluding hydrogens is 228 g/mol. The molecule has 1 fully saturated rings. The van der Waals surface area contributed by atoms with Crippen LogP contribution in [0.5, 0.6) is 0 Å². The summed E-state index contributed by atoms with van der Waals surface area (Å²) in [6, 6.07) is 0. The third-order valence-electron chi connectivity index (χ3n) is 3.24. The fraction of sp³-hybridized carbons (Fsp3) is 1.00. The zero-order valence-electron chi connectivity index (χ0n) is 9.98. The topological polar surface area (TPSA) is 81.4 Å². The monoisotopic (exact) mass is 250 g/mol. The zero-order valence-corrected chi connectivity index (χ0v) is 10.8. The van der Waals surface area contributed by atoms with Crippen molar-refractivity contribution in [3.05, 3.63) is 0 Å². The summed E-state index contributed by atoms with van der Waals surface area (Å²) in [5.41, 5.74) is 5.44. The molecule has 16 heavy (non-hydrogen) atoms. The summed E-state index contributed by atoms with van der Waals surface area (Å²) >= 11 is 0. The Balaban J connectivity index is 2.47. The van der Waals surface area contributed by atoms with Crippen molar-refractivity contribution in [2.75, 3.05) is 19.7 Å². The van der Waals surface area contributed by atoms with Crippen molar-refractivity contribution < 1.29 is 13.2 Å². The number of ether oxygens (including phenoxy) is 1. The highest BCUT2D eigenvalue weighted by Gasteiger charge is 2.28. The molecule has 3 atom stereocenters. The Morgan fingerprint density at radius 3 is 2.69 bits per heavy atom. The van der Waals surface area contributed by atoms with E-state index in [1.165, 1.54) is 0 Å². The Bertz CT molecular complexity index is 301. The van der Waals surface area contributed by atoms with Gasteiger partial charge in [-0.3, -0.25) is 0 Å². The molecule has 0 aromatic carbocycles. The number of nitrogens with two attached hydrogens (primary N) is 1. The standard InChI is InChI=1S/C10H22N2O3S/c1-3-10(6-11)16(13,14)12-7-9-4-5-15-8(9)2/h8-10,12H,3-7,11H2,1-2H3. The first-order valence-electron chi connectivity index (χ1n) is 5.81. The van der Waals surface area contributed by atoms with Crippen LogP contribution >= 0.6 is 0 Å². The molecule has 96 valence electrons. The van der Waals surface area contributed by atoms with Crippen LogP contribution in [0, 0.1) is 5.92 Å². The third-order valence-corrected chi connectivity index (χ3v) is 5.21. The van der Waals surface area contributed by atoms with E-state index in [1.54, 1.807) is 0 Å². The molecule has 3 N–H and O–H groups in total. The lowest BCUT2D eigenvalue weighted by Gasteiger charge is -2.18. The average Bonchev–Trinajstić information content (AvgIpc) is 2.62. The molecule has 0 aromatic rings. The largest absolute Gasteiger partial charge is 0.378 e. The van der Waals surface area contributed by atoms with Gasteiger partial charge in [-0.25, -0.2) is 13.1 Å². The lowest BCUT2D eigenvalue weighted by atomic mass is 10.0. The number of rotatable bonds is 6. The molecule has 3 unspecified atom stereocenters. The number of hydrogen-bond donors (Lipinski definition) is 2. The van der Waals surface area contributed by atoms with E-state index in [1.807, 2.05) is 13.8 Å². The van der Waals surface area contributed by atoms with Crippen LogP contribution in [0.3, 0.4) is 0 Å². The van der Waals surface area contributed by atoms with Crippen molar-refractivity contribution in [2.45, 2.75) is 38.0 Å². The van der Waals surface area contributed by atoms with Crippen molar-refractivity contribution in [3.8, 4) is 0 Å². The van der Waals surface area contributed by atoms with Crippen molar-refractivity contribution in [2.24, 2.45) is 11.7 Å². The van der Waals surface area contributed by atoms with Gasteiger partial charge in [0.1, 0.15) is 0 Å². The maximum absolute atomic E-state index is 11.8. The highest BCUT2D eigenvalue weighted by Crippen LogP contribution is 2.19. The smallest absolute Gasteiger partial charge is 0.215 e. The van der Waals surface area contributed by atoms with Crippen molar-refractivity contribution in [1.29, 1.82) is 0 Å². The van der Waals surface area contributed by atoms with Crippen LogP contribution in [-0.4, -0.2) is 39.5 Å². The van der Waals surface area contributed by atoms with Crippen LogP contribution in [0.2, 0.25) is 0 Å². The fourth-order valence-electron chi connectivity index (χ4n) is 1.90. The zero-order chi connectivity index (χ0) is 12.2. The molecule has 1 aliphatic heterocycles. The van der Waals surface area contributed by atoms with E-state index in [0.717, 1.165) is 13.0 Å². The van der Waals surface area contributed by atoms with Crippen LogP contribution in [0.4, 0.5) is 0 Å². The first kappa shape index (κ1) is 13.9. The molecule has 1 rings (SSSR count). The second-order valence-electron chi connectivity index (χ2n) is 4.28. The van der Waals surface area contributed by atoms with Gasteiger partial charge in [-0.15, -0.1) is 0 Å².